The third kappa shape index (κ3) is 4.20. The maximum atomic E-state index is 14.0. The highest BCUT2D eigenvalue weighted by Gasteiger charge is 2.32. The van der Waals surface area contributed by atoms with Crippen molar-refractivity contribution in [2.24, 2.45) is 11.8 Å². The van der Waals surface area contributed by atoms with E-state index in [0.717, 1.165) is 44.2 Å². The summed E-state index contributed by atoms with van der Waals surface area (Å²) in [5.41, 5.74) is 0.169. The summed E-state index contributed by atoms with van der Waals surface area (Å²) in [5, 5.41) is 3.01. The molecule has 1 aromatic rings. The first-order chi connectivity index (χ1) is 11.8. The molecule has 2 saturated carbocycles. The van der Waals surface area contributed by atoms with Crippen molar-refractivity contribution >= 4 is 15.9 Å². The third-order valence-corrected chi connectivity index (χ3v) is 6.76. The van der Waals surface area contributed by atoms with Crippen LogP contribution in [0.2, 0.25) is 0 Å². The van der Waals surface area contributed by atoms with Crippen LogP contribution >= 0.6 is 0 Å². The van der Waals surface area contributed by atoms with Gasteiger partial charge in [-0.05, 0) is 55.7 Å². The topological polar surface area (TPSA) is 75.3 Å². The Labute approximate surface area is 148 Å². The molecule has 0 aliphatic heterocycles. The van der Waals surface area contributed by atoms with Gasteiger partial charge >= 0.3 is 0 Å². The molecule has 0 heterocycles. The molecular weight excluding hydrogens is 343 g/mol. The van der Waals surface area contributed by atoms with Gasteiger partial charge in [0, 0.05) is 17.6 Å². The smallest absolute Gasteiger partial charge is 0.251 e. The van der Waals surface area contributed by atoms with Gasteiger partial charge in [-0.25, -0.2) is 17.5 Å². The minimum Gasteiger partial charge on any atom is -0.349 e. The van der Waals surface area contributed by atoms with E-state index in [1.54, 1.807) is 0 Å². The molecule has 0 spiro atoms. The van der Waals surface area contributed by atoms with Crippen molar-refractivity contribution in [2.45, 2.75) is 62.9 Å². The fraction of sp³-hybridized carbons (Fsp3) is 0.611. The molecule has 3 rings (SSSR count). The molecule has 1 amide bonds. The standard InChI is InChI=1S/C18H25FN2O3S/c1-11-4-3-5-12(2)17(11)20-18(22)13-6-9-15(19)16(10-13)25(23,24)21-14-7-8-14/h6,9-12,14,17,21H,3-5,7-8H2,1-2H3,(H,20,22). The molecule has 0 saturated heterocycles. The molecule has 0 bridgehead atoms. The number of hydrogen-bond donors (Lipinski definition) is 2. The van der Waals surface area contributed by atoms with Gasteiger partial charge in [0.2, 0.25) is 10.0 Å². The Morgan fingerprint density at radius 2 is 1.76 bits per heavy atom. The Morgan fingerprint density at radius 3 is 2.36 bits per heavy atom. The molecule has 1 aromatic carbocycles. The molecule has 25 heavy (non-hydrogen) atoms. The molecule has 5 nitrogen and oxygen atoms in total. The van der Waals surface area contributed by atoms with E-state index in [1.165, 1.54) is 6.07 Å². The summed E-state index contributed by atoms with van der Waals surface area (Å²) in [6.07, 6.45) is 4.80. The summed E-state index contributed by atoms with van der Waals surface area (Å²) < 4.78 is 41.1. The van der Waals surface area contributed by atoms with Crippen LogP contribution in [0.1, 0.15) is 56.3 Å². The predicted molar refractivity (Wildman–Crippen MR) is 93.2 cm³/mol. The van der Waals surface area contributed by atoms with Crippen LogP contribution in [0.15, 0.2) is 23.1 Å². The first-order valence-corrected chi connectivity index (χ1v) is 10.4. The van der Waals surface area contributed by atoms with Gasteiger partial charge in [-0.3, -0.25) is 4.79 Å². The molecule has 7 heteroatoms. The molecule has 2 atom stereocenters. The van der Waals surface area contributed by atoms with Crippen molar-refractivity contribution in [2.75, 3.05) is 0 Å². The lowest BCUT2D eigenvalue weighted by Gasteiger charge is -2.35. The maximum Gasteiger partial charge on any atom is 0.251 e. The van der Waals surface area contributed by atoms with Gasteiger partial charge in [-0.15, -0.1) is 0 Å². The maximum absolute atomic E-state index is 14.0. The van der Waals surface area contributed by atoms with E-state index in [2.05, 4.69) is 23.9 Å². The van der Waals surface area contributed by atoms with E-state index in [4.69, 9.17) is 0 Å². The first kappa shape index (κ1) is 18.3. The van der Waals surface area contributed by atoms with Gasteiger partial charge in [0.1, 0.15) is 10.7 Å². The highest BCUT2D eigenvalue weighted by atomic mass is 32.2. The zero-order valence-corrected chi connectivity index (χ0v) is 15.4. The van der Waals surface area contributed by atoms with Crippen LogP contribution in [0.4, 0.5) is 4.39 Å². The van der Waals surface area contributed by atoms with Crippen LogP contribution in [0.3, 0.4) is 0 Å². The van der Waals surface area contributed by atoms with Crippen LogP contribution in [-0.4, -0.2) is 26.4 Å². The minimum absolute atomic E-state index is 0.0518. The highest BCUT2D eigenvalue weighted by Crippen LogP contribution is 2.29. The number of hydrogen-bond acceptors (Lipinski definition) is 3. The normalized spacial score (nSPS) is 27.1. The fourth-order valence-corrected chi connectivity index (χ4v) is 4.94. The molecule has 0 radical (unpaired) electrons. The van der Waals surface area contributed by atoms with Crippen LogP contribution in [-0.2, 0) is 10.0 Å². The summed E-state index contributed by atoms with van der Waals surface area (Å²) in [7, 11) is -3.94. The number of carbonyl (C=O) groups excluding carboxylic acids is 1. The second-order valence-electron chi connectivity index (χ2n) is 7.43. The van der Waals surface area contributed by atoms with Crippen molar-refractivity contribution in [3.05, 3.63) is 29.6 Å². The van der Waals surface area contributed by atoms with E-state index in [9.17, 15) is 17.6 Å². The van der Waals surface area contributed by atoms with Crippen molar-refractivity contribution in [3.8, 4) is 0 Å². The van der Waals surface area contributed by atoms with E-state index in [0.29, 0.717) is 11.8 Å². The molecule has 2 aliphatic carbocycles. The Balaban J connectivity index is 1.80. The summed E-state index contributed by atoms with van der Waals surface area (Å²) in [4.78, 5) is 12.1. The van der Waals surface area contributed by atoms with Crippen molar-refractivity contribution < 1.29 is 17.6 Å². The molecule has 2 unspecified atom stereocenters. The molecule has 138 valence electrons. The van der Waals surface area contributed by atoms with Crippen LogP contribution in [0.5, 0.6) is 0 Å². The monoisotopic (exact) mass is 368 g/mol. The second-order valence-corrected chi connectivity index (χ2v) is 9.11. The number of nitrogens with one attached hydrogen (secondary N) is 2. The van der Waals surface area contributed by atoms with Crippen molar-refractivity contribution in [1.82, 2.24) is 10.0 Å². The largest absolute Gasteiger partial charge is 0.349 e. The van der Waals surface area contributed by atoms with Crippen LogP contribution in [0.25, 0.3) is 0 Å². The summed E-state index contributed by atoms with van der Waals surface area (Å²) in [6.45, 7) is 4.22. The van der Waals surface area contributed by atoms with Gasteiger partial charge in [0.15, 0.2) is 0 Å². The lowest BCUT2D eigenvalue weighted by molar-refractivity contribution is 0.0880. The fourth-order valence-electron chi connectivity index (χ4n) is 3.54. The molecular formula is C18H25FN2O3S. The SMILES string of the molecule is CC1CCCC(C)C1NC(=O)c1ccc(F)c(S(=O)(=O)NC2CC2)c1. The molecule has 2 N–H and O–H groups in total. The Morgan fingerprint density at radius 1 is 1.12 bits per heavy atom. The van der Waals surface area contributed by atoms with Gasteiger partial charge < -0.3 is 5.32 Å². The Hall–Kier alpha value is -1.47. The summed E-state index contributed by atoms with van der Waals surface area (Å²) >= 11 is 0. The van der Waals surface area contributed by atoms with Gasteiger partial charge in [0.25, 0.3) is 5.91 Å². The average Bonchev–Trinajstić information content (AvgIpc) is 3.34. The van der Waals surface area contributed by atoms with Crippen molar-refractivity contribution in [3.63, 3.8) is 0 Å². The van der Waals surface area contributed by atoms with Crippen LogP contribution in [0, 0.1) is 17.7 Å². The van der Waals surface area contributed by atoms with E-state index in [1.807, 2.05) is 0 Å². The molecule has 0 aromatic heterocycles. The van der Waals surface area contributed by atoms with E-state index < -0.39 is 20.7 Å². The number of rotatable bonds is 5. The number of carbonyl (C=O) groups is 1. The van der Waals surface area contributed by atoms with Crippen molar-refractivity contribution in [1.29, 1.82) is 0 Å². The van der Waals surface area contributed by atoms with Crippen LogP contribution < -0.4 is 10.0 Å². The summed E-state index contributed by atoms with van der Waals surface area (Å²) in [6, 6.07) is 3.44. The van der Waals surface area contributed by atoms with Gasteiger partial charge in [0.05, 0.1) is 0 Å². The van der Waals surface area contributed by atoms with E-state index >= 15 is 0 Å². The van der Waals surface area contributed by atoms with Gasteiger partial charge in [-0.2, -0.15) is 0 Å². The highest BCUT2D eigenvalue weighted by molar-refractivity contribution is 7.89. The lowest BCUT2D eigenvalue weighted by Crippen LogP contribution is -2.45. The zero-order chi connectivity index (χ0) is 18.2. The lowest BCUT2D eigenvalue weighted by atomic mass is 9.78. The average molecular weight is 368 g/mol. The molecule has 2 aliphatic rings. The first-order valence-electron chi connectivity index (χ1n) is 8.90. The Bertz CT molecular complexity index is 752. The minimum atomic E-state index is -3.94. The zero-order valence-electron chi connectivity index (χ0n) is 14.6. The number of sulfonamides is 1. The second kappa shape index (κ2) is 7.03. The quantitative estimate of drug-likeness (QED) is 0.839. The third-order valence-electron chi connectivity index (χ3n) is 5.22. The van der Waals surface area contributed by atoms with Gasteiger partial charge in [-0.1, -0.05) is 20.3 Å². The molecule has 2 fully saturated rings. The Kier molecular flexibility index (Phi) is 5.16. The number of benzene rings is 1. The summed E-state index contributed by atoms with van der Waals surface area (Å²) in [5.74, 6) is -0.460. The number of amides is 1. The number of halogens is 1. The van der Waals surface area contributed by atoms with E-state index in [-0.39, 0.29) is 23.6 Å². The predicted octanol–water partition coefficient (Wildman–Crippen LogP) is 2.82.